The lowest BCUT2D eigenvalue weighted by molar-refractivity contribution is -0.359. The molecule has 0 radical (unpaired) electrons. The molecule has 1 aliphatic heterocycles. The van der Waals surface area contributed by atoms with Crippen molar-refractivity contribution < 1.29 is 4.76 Å². The predicted molar refractivity (Wildman–Crippen MR) is 42.0 cm³/mol. The minimum Gasteiger partial charge on any atom is -0.0797 e. The Hall–Kier alpha value is -1.51. The van der Waals surface area contributed by atoms with Crippen LogP contribution in [0.5, 0.6) is 0 Å². The van der Waals surface area contributed by atoms with E-state index in [1.165, 1.54) is 6.34 Å². The molecule has 0 aromatic carbocycles. The number of allylic oxidation sites excluding steroid dienone is 3. The highest BCUT2D eigenvalue weighted by atomic mass is 16.3. The van der Waals surface area contributed by atoms with Gasteiger partial charge in [-0.3, -0.25) is 0 Å². The molecular formula is C8H7N2O+. The molecule has 0 saturated heterocycles. The van der Waals surface area contributed by atoms with Crippen molar-refractivity contribution in [3.8, 4) is 0 Å². The molecule has 3 nitrogen and oxygen atoms in total. The lowest BCUT2D eigenvalue weighted by atomic mass is 10.1. The van der Waals surface area contributed by atoms with Gasteiger partial charge in [0.1, 0.15) is 0 Å². The van der Waals surface area contributed by atoms with Gasteiger partial charge in [0.05, 0.1) is 5.57 Å². The molecule has 0 unspecified atom stereocenters. The monoisotopic (exact) mass is 147 g/mol. The van der Waals surface area contributed by atoms with Crippen LogP contribution >= 0.6 is 0 Å². The third-order valence-electron chi connectivity index (χ3n) is 1.66. The van der Waals surface area contributed by atoms with E-state index in [0.717, 1.165) is 16.8 Å². The zero-order chi connectivity index (χ0) is 7.68. The fourth-order valence-corrected chi connectivity index (χ4v) is 1.14. The second kappa shape index (κ2) is 2.27. The summed E-state index contributed by atoms with van der Waals surface area (Å²) in [5.41, 5.74) is 1.61. The first kappa shape index (κ1) is 6.22. The molecule has 2 rings (SSSR count). The summed E-state index contributed by atoms with van der Waals surface area (Å²) in [6.45, 7) is 0. The summed E-state index contributed by atoms with van der Waals surface area (Å²) >= 11 is 0. The summed E-state index contributed by atoms with van der Waals surface area (Å²) < 4.78 is 0.791. The van der Waals surface area contributed by atoms with Crippen LogP contribution < -0.4 is 0 Å². The number of nitroso groups, excluding NO2 is 1. The number of hydrogen-bond donors (Lipinski definition) is 0. The molecule has 0 spiro atoms. The van der Waals surface area contributed by atoms with Crippen LogP contribution in [-0.4, -0.2) is 11.1 Å². The summed E-state index contributed by atoms with van der Waals surface area (Å²) in [7, 11) is 0. The number of hydrogen-bond acceptors (Lipinski definition) is 2. The third kappa shape index (κ3) is 0.941. The maximum absolute atomic E-state index is 11.1. The molecule has 1 aliphatic carbocycles. The molecule has 0 fully saturated rings. The fraction of sp³-hybridized carbons (Fsp3) is 0.125. The Balaban J connectivity index is 2.48. The van der Waals surface area contributed by atoms with E-state index in [0.29, 0.717) is 5.70 Å². The van der Waals surface area contributed by atoms with Gasteiger partial charge in [-0.2, -0.15) is 0 Å². The second-order valence-corrected chi connectivity index (χ2v) is 2.40. The van der Waals surface area contributed by atoms with E-state index < -0.39 is 0 Å². The molecule has 0 saturated carbocycles. The lowest BCUT2D eigenvalue weighted by Crippen LogP contribution is -2.11. The van der Waals surface area contributed by atoms with E-state index in [1.54, 1.807) is 6.20 Å². The Labute approximate surface area is 64.0 Å². The van der Waals surface area contributed by atoms with Crippen molar-refractivity contribution in [2.75, 3.05) is 0 Å². The van der Waals surface area contributed by atoms with Crippen LogP contribution in [0.3, 0.4) is 0 Å². The van der Waals surface area contributed by atoms with Crippen molar-refractivity contribution in [3.63, 3.8) is 0 Å². The topological polar surface area (TPSA) is 32.4 Å². The maximum Gasteiger partial charge on any atom is 0.330 e. The summed E-state index contributed by atoms with van der Waals surface area (Å²) in [4.78, 5) is 14.8. The van der Waals surface area contributed by atoms with Crippen molar-refractivity contribution in [2.45, 2.75) is 6.42 Å². The van der Waals surface area contributed by atoms with Gasteiger partial charge < -0.3 is 0 Å². The quantitative estimate of drug-likeness (QED) is 0.478. The van der Waals surface area contributed by atoms with Crippen molar-refractivity contribution in [1.82, 2.24) is 0 Å². The average molecular weight is 147 g/mol. The van der Waals surface area contributed by atoms with Crippen LogP contribution in [0.1, 0.15) is 6.42 Å². The molecule has 0 aromatic heterocycles. The van der Waals surface area contributed by atoms with Crippen molar-refractivity contribution >= 4 is 6.34 Å². The molecule has 1 heterocycles. The van der Waals surface area contributed by atoms with Crippen LogP contribution in [0.2, 0.25) is 0 Å². The fourth-order valence-electron chi connectivity index (χ4n) is 1.14. The molecule has 0 aromatic rings. The van der Waals surface area contributed by atoms with Crippen molar-refractivity contribution in [3.05, 3.63) is 40.6 Å². The number of nitrogens with zero attached hydrogens (tertiary/aromatic N) is 2. The zero-order valence-electron chi connectivity index (χ0n) is 5.90. The highest BCUT2D eigenvalue weighted by Crippen LogP contribution is 2.20. The molecular weight excluding hydrogens is 140 g/mol. The van der Waals surface area contributed by atoms with Gasteiger partial charge in [-0.05, 0) is 12.5 Å². The Bertz CT molecular complexity index is 321. The minimum absolute atomic E-state index is 0.711. The number of aliphatic imine (C=N–C) groups is 1. The van der Waals surface area contributed by atoms with Crippen LogP contribution in [0.25, 0.3) is 0 Å². The van der Waals surface area contributed by atoms with Gasteiger partial charge in [0.25, 0.3) is 0 Å². The van der Waals surface area contributed by atoms with E-state index in [9.17, 15) is 4.91 Å². The van der Waals surface area contributed by atoms with E-state index in [4.69, 9.17) is 0 Å². The smallest absolute Gasteiger partial charge is 0.0797 e. The Morgan fingerprint density at radius 2 is 2.45 bits per heavy atom. The van der Waals surface area contributed by atoms with Gasteiger partial charge in [-0.25, -0.2) is 0 Å². The van der Waals surface area contributed by atoms with Crippen LogP contribution in [0.15, 0.2) is 40.7 Å². The zero-order valence-corrected chi connectivity index (χ0v) is 5.90. The minimum atomic E-state index is 0.711. The molecule has 11 heavy (non-hydrogen) atoms. The van der Waals surface area contributed by atoms with E-state index in [1.807, 2.05) is 18.2 Å². The van der Waals surface area contributed by atoms with Gasteiger partial charge in [0.15, 0.2) is 11.9 Å². The Morgan fingerprint density at radius 1 is 1.55 bits per heavy atom. The maximum atomic E-state index is 11.1. The van der Waals surface area contributed by atoms with Crippen LogP contribution in [-0.2, 0) is 0 Å². The summed E-state index contributed by atoms with van der Waals surface area (Å²) in [6.07, 6.45) is 9.61. The van der Waals surface area contributed by atoms with Crippen LogP contribution in [0, 0.1) is 4.91 Å². The van der Waals surface area contributed by atoms with Crippen molar-refractivity contribution in [1.29, 1.82) is 0 Å². The lowest BCUT2D eigenvalue weighted by Gasteiger charge is -2.04. The van der Waals surface area contributed by atoms with E-state index in [2.05, 4.69) is 4.99 Å². The molecule has 0 N–H and O–H groups in total. The third-order valence-corrected chi connectivity index (χ3v) is 1.66. The highest BCUT2D eigenvalue weighted by Gasteiger charge is 2.20. The largest absolute Gasteiger partial charge is 0.330 e. The molecule has 0 amide bonds. The van der Waals surface area contributed by atoms with Gasteiger partial charge >= 0.3 is 6.34 Å². The molecule has 54 valence electrons. The normalized spacial score (nSPS) is 20.9. The van der Waals surface area contributed by atoms with Gasteiger partial charge in [0, 0.05) is 4.76 Å². The predicted octanol–water partition coefficient (Wildman–Crippen LogP) is 1.53. The standard InChI is InChI=1S/C8H7N2O/c11-10-6-9-5-7-3-1-2-4-8(7)10/h1,3-6H,2H2/q+1. The summed E-state index contributed by atoms with van der Waals surface area (Å²) in [5, 5.41) is 0. The van der Waals surface area contributed by atoms with E-state index in [-0.39, 0.29) is 0 Å². The molecule has 0 atom stereocenters. The number of rotatable bonds is 0. The Kier molecular flexibility index (Phi) is 1.28. The molecule has 3 heteroatoms. The van der Waals surface area contributed by atoms with Crippen LogP contribution in [0.4, 0.5) is 0 Å². The molecule has 0 bridgehead atoms. The molecule has 2 aliphatic rings. The first-order valence-electron chi connectivity index (χ1n) is 3.45. The van der Waals surface area contributed by atoms with E-state index >= 15 is 0 Å². The Morgan fingerprint density at radius 3 is 3.27 bits per heavy atom. The first-order valence-corrected chi connectivity index (χ1v) is 3.45. The average Bonchev–Trinajstić information content (AvgIpc) is 2.06. The second-order valence-electron chi connectivity index (χ2n) is 2.40. The van der Waals surface area contributed by atoms with Gasteiger partial charge in [-0.15, -0.1) is 0 Å². The van der Waals surface area contributed by atoms with Gasteiger partial charge in [0.2, 0.25) is 0 Å². The van der Waals surface area contributed by atoms with Crippen molar-refractivity contribution in [2.24, 2.45) is 4.99 Å². The summed E-state index contributed by atoms with van der Waals surface area (Å²) in [6, 6.07) is 0. The van der Waals surface area contributed by atoms with Gasteiger partial charge in [-0.1, -0.05) is 22.1 Å². The summed E-state index contributed by atoms with van der Waals surface area (Å²) in [5.74, 6) is 0. The SMILES string of the molecule is O=[N+]1C=NC=C2C=CCC=C21. The first-order chi connectivity index (χ1) is 5.38. The highest BCUT2D eigenvalue weighted by molar-refractivity contribution is 5.54. The number of fused-ring (bicyclic) bond motifs is 1.